The Morgan fingerprint density at radius 2 is 2.23 bits per heavy atom. The molecule has 8 heteroatoms. The summed E-state index contributed by atoms with van der Waals surface area (Å²) in [7, 11) is 0. The molecule has 2 N–H and O–H groups in total. The lowest BCUT2D eigenvalue weighted by atomic mass is 9.86. The van der Waals surface area contributed by atoms with Gasteiger partial charge in [-0.3, -0.25) is 9.20 Å². The minimum atomic E-state index is -0.372. The van der Waals surface area contributed by atoms with Gasteiger partial charge in [0.05, 0.1) is 23.2 Å². The van der Waals surface area contributed by atoms with Crippen molar-refractivity contribution < 1.29 is 9.53 Å². The van der Waals surface area contributed by atoms with Gasteiger partial charge in [-0.05, 0) is 40.0 Å². The SMILES string of the molecule is Cc1nc(NC2(CNC(=O)C34CC3COC4(C)C)CC2)cc2nncn12. The Hall–Kier alpha value is -2.22. The molecule has 1 aliphatic heterocycles. The highest BCUT2D eigenvalue weighted by Crippen LogP contribution is 2.65. The van der Waals surface area contributed by atoms with Gasteiger partial charge in [0.1, 0.15) is 18.0 Å². The molecule has 0 bridgehead atoms. The van der Waals surface area contributed by atoms with Crippen LogP contribution in [0, 0.1) is 18.3 Å². The normalized spacial score (nSPS) is 30.0. The maximum absolute atomic E-state index is 12.9. The van der Waals surface area contributed by atoms with Gasteiger partial charge in [-0.15, -0.1) is 10.2 Å². The van der Waals surface area contributed by atoms with E-state index < -0.39 is 0 Å². The van der Waals surface area contributed by atoms with Crippen molar-refractivity contribution in [2.24, 2.45) is 11.3 Å². The van der Waals surface area contributed by atoms with Crippen molar-refractivity contribution in [3.8, 4) is 0 Å². The van der Waals surface area contributed by atoms with Crippen LogP contribution < -0.4 is 10.6 Å². The third-order valence-electron chi connectivity index (χ3n) is 6.54. The predicted octanol–water partition coefficient (Wildman–Crippen LogP) is 1.31. The van der Waals surface area contributed by atoms with Crippen LogP contribution in [0.25, 0.3) is 5.65 Å². The average Bonchev–Trinajstić information content (AvgIpc) is 3.44. The molecule has 2 unspecified atom stereocenters. The Labute approximate surface area is 151 Å². The number of aromatic nitrogens is 4. The van der Waals surface area contributed by atoms with Crippen LogP contribution in [0.5, 0.6) is 0 Å². The minimum Gasteiger partial charge on any atom is -0.374 e. The molecule has 5 rings (SSSR count). The quantitative estimate of drug-likeness (QED) is 0.839. The Kier molecular flexibility index (Phi) is 3.04. The summed E-state index contributed by atoms with van der Waals surface area (Å²) in [6.45, 7) is 7.30. The molecule has 1 amide bonds. The van der Waals surface area contributed by atoms with Crippen molar-refractivity contribution in [2.75, 3.05) is 18.5 Å². The number of nitrogens with one attached hydrogen (secondary N) is 2. The number of rotatable bonds is 5. The third kappa shape index (κ3) is 2.17. The number of aryl methyl sites for hydroxylation is 1. The number of ether oxygens (including phenoxy) is 1. The van der Waals surface area contributed by atoms with Crippen molar-refractivity contribution >= 4 is 17.4 Å². The maximum Gasteiger partial charge on any atom is 0.229 e. The van der Waals surface area contributed by atoms with Crippen LogP contribution in [0.2, 0.25) is 0 Å². The first kappa shape index (κ1) is 16.0. The molecule has 2 atom stereocenters. The molecular formula is C18H24N6O2. The Bertz CT molecular complexity index is 902. The number of anilines is 1. The van der Waals surface area contributed by atoms with Crippen LogP contribution in [0.4, 0.5) is 5.82 Å². The van der Waals surface area contributed by atoms with E-state index in [9.17, 15) is 4.79 Å². The van der Waals surface area contributed by atoms with E-state index in [2.05, 4.69) is 25.8 Å². The first-order valence-electron chi connectivity index (χ1n) is 9.23. The van der Waals surface area contributed by atoms with Crippen molar-refractivity contribution in [2.45, 2.75) is 51.2 Å². The van der Waals surface area contributed by atoms with Crippen LogP contribution in [0.1, 0.15) is 38.9 Å². The molecule has 8 nitrogen and oxygen atoms in total. The van der Waals surface area contributed by atoms with Crippen LogP contribution in [-0.4, -0.2) is 49.8 Å². The van der Waals surface area contributed by atoms with E-state index in [0.29, 0.717) is 19.1 Å². The van der Waals surface area contributed by atoms with Gasteiger partial charge in [-0.2, -0.15) is 0 Å². The Balaban J connectivity index is 1.28. The van der Waals surface area contributed by atoms with Gasteiger partial charge >= 0.3 is 0 Å². The zero-order chi connectivity index (χ0) is 18.2. The molecule has 3 fully saturated rings. The summed E-state index contributed by atoms with van der Waals surface area (Å²) in [4.78, 5) is 17.5. The van der Waals surface area contributed by atoms with E-state index in [1.54, 1.807) is 6.33 Å². The molecule has 138 valence electrons. The van der Waals surface area contributed by atoms with Gasteiger partial charge in [0.2, 0.25) is 5.91 Å². The minimum absolute atomic E-state index is 0.113. The second-order valence-corrected chi connectivity index (χ2v) is 8.53. The van der Waals surface area contributed by atoms with Gasteiger partial charge in [0, 0.05) is 18.5 Å². The Morgan fingerprint density at radius 1 is 1.42 bits per heavy atom. The molecule has 2 aromatic rings. The van der Waals surface area contributed by atoms with Gasteiger partial charge in [0.25, 0.3) is 0 Å². The molecule has 3 aliphatic rings. The number of fused-ring (bicyclic) bond motifs is 2. The highest BCUT2D eigenvalue weighted by molar-refractivity contribution is 5.88. The van der Waals surface area contributed by atoms with Crippen molar-refractivity contribution in [3.63, 3.8) is 0 Å². The van der Waals surface area contributed by atoms with E-state index >= 15 is 0 Å². The van der Waals surface area contributed by atoms with Gasteiger partial charge < -0.3 is 15.4 Å². The van der Waals surface area contributed by atoms with E-state index in [0.717, 1.165) is 36.6 Å². The molecular weight excluding hydrogens is 332 g/mol. The molecule has 3 heterocycles. The second kappa shape index (κ2) is 4.94. The molecule has 0 aromatic carbocycles. The fourth-order valence-electron chi connectivity index (χ4n) is 4.47. The molecule has 2 saturated carbocycles. The summed E-state index contributed by atoms with van der Waals surface area (Å²) in [6, 6.07) is 1.89. The van der Waals surface area contributed by atoms with Gasteiger partial charge in [-0.25, -0.2) is 4.98 Å². The number of carbonyl (C=O) groups is 1. The van der Waals surface area contributed by atoms with Crippen LogP contribution in [0.15, 0.2) is 12.4 Å². The summed E-state index contributed by atoms with van der Waals surface area (Å²) >= 11 is 0. The van der Waals surface area contributed by atoms with Crippen LogP contribution in [0.3, 0.4) is 0 Å². The summed E-state index contributed by atoms with van der Waals surface area (Å²) in [6.07, 6.45) is 4.63. The van der Waals surface area contributed by atoms with E-state index in [1.165, 1.54) is 0 Å². The lowest BCUT2D eigenvalue weighted by Crippen LogP contribution is -2.48. The fraction of sp³-hybridized carbons (Fsp3) is 0.667. The van der Waals surface area contributed by atoms with Gasteiger partial charge in [0.15, 0.2) is 5.65 Å². The number of hydrogen-bond donors (Lipinski definition) is 2. The van der Waals surface area contributed by atoms with Crippen molar-refractivity contribution in [3.05, 3.63) is 18.2 Å². The average molecular weight is 356 g/mol. The maximum atomic E-state index is 12.9. The van der Waals surface area contributed by atoms with Crippen molar-refractivity contribution in [1.82, 2.24) is 24.9 Å². The lowest BCUT2D eigenvalue weighted by molar-refractivity contribution is -0.134. The van der Waals surface area contributed by atoms with E-state index in [4.69, 9.17) is 4.74 Å². The standard InChI is InChI=1S/C18H24N6O2/c1-11-21-13(6-14-23-20-10-24(11)14)22-17(4-5-17)9-19-15(25)18-7-12(18)8-26-16(18,2)3/h6,10,12,22H,4-5,7-9H2,1-3H3,(H,19,25). The van der Waals surface area contributed by atoms with E-state index in [1.807, 2.05) is 31.2 Å². The molecule has 2 aromatic heterocycles. The number of amides is 1. The summed E-state index contributed by atoms with van der Waals surface area (Å²) in [5.74, 6) is 2.12. The smallest absolute Gasteiger partial charge is 0.229 e. The molecule has 0 radical (unpaired) electrons. The van der Waals surface area contributed by atoms with Crippen molar-refractivity contribution in [1.29, 1.82) is 0 Å². The number of carbonyl (C=O) groups excluding carboxylic acids is 1. The van der Waals surface area contributed by atoms with Gasteiger partial charge in [-0.1, -0.05) is 0 Å². The topological polar surface area (TPSA) is 93.4 Å². The van der Waals surface area contributed by atoms with Crippen LogP contribution in [-0.2, 0) is 9.53 Å². The Morgan fingerprint density at radius 3 is 2.88 bits per heavy atom. The monoisotopic (exact) mass is 356 g/mol. The highest BCUT2D eigenvalue weighted by atomic mass is 16.5. The second-order valence-electron chi connectivity index (χ2n) is 8.53. The zero-order valence-electron chi connectivity index (χ0n) is 15.4. The molecule has 1 saturated heterocycles. The lowest BCUT2D eigenvalue weighted by Gasteiger charge is -2.30. The predicted molar refractivity (Wildman–Crippen MR) is 94.7 cm³/mol. The molecule has 26 heavy (non-hydrogen) atoms. The zero-order valence-corrected chi connectivity index (χ0v) is 15.4. The summed E-state index contributed by atoms with van der Waals surface area (Å²) in [5.41, 5.74) is -0.0518. The first-order valence-corrected chi connectivity index (χ1v) is 9.23. The number of nitrogens with zero attached hydrogens (tertiary/aromatic N) is 4. The third-order valence-corrected chi connectivity index (χ3v) is 6.54. The highest BCUT2D eigenvalue weighted by Gasteiger charge is 2.72. The molecule has 2 aliphatic carbocycles. The first-order chi connectivity index (χ1) is 12.4. The largest absolute Gasteiger partial charge is 0.374 e. The number of hydrogen-bond acceptors (Lipinski definition) is 6. The summed E-state index contributed by atoms with van der Waals surface area (Å²) < 4.78 is 7.66. The molecule has 0 spiro atoms. The fourth-order valence-corrected chi connectivity index (χ4v) is 4.47. The van der Waals surface area contributed by atoms with Crippen LogP contribution >= 0.6 is 0 Å². The van der Waals surface area contributed by atoms with E-state index in [-0.39, 0.29) is 22.5 Å². The summed E-state index contributed by atoms with van der Waals surface area (Å²) in [5, 5.41) is 14.7.